The van der Waals surface area contributed by atoms with Gasteiger partial charge in [0, 0.05) is 12.8 Å². The van der Waals surface area contributed by atoms with Gasteiger partial charge in [-0.3, -0.25) is 9.59 Å². The first kappa shape index (κ1) is 39.5. The quantitative estimate of drug-likeness (QED) is 0.0383. The molecule has 0 aliphatic heterocycles. The summed E-state index contributed by atoms with van der Waals surface area (Å²) in [6.07, 6.45) is 34.2. The maximum absolute atomic E-state index is 11.9. The van der Waals surface area contributed by atoms with Gasteiger partial charge < -0.3 is 14.9 Å². The molecule has 0 saturated carbocycles. The van der Waals surface area contributed by atoms with Crippen molar-refractivity contribution in [3.05, 3.63) is 24.3 Å². The van der Waals surface area contributed by atoms with Gasteiger partial charge in [-0.1, -0.05) is 128 Å². The molecule has 0 aliphatic carbocycles. The van der Waals surface area contributed by atoms with Crippen LogP contribution in [-0.2, 0) is 14.3 Å². The summed E-state index contributed by atoms with van der Waals surface area (Å²) in [5, 5.41) is 19.9. The van der Waals surface area contributed by atoms with E-state index in [-0.39, 0.29) is 24.1 Å². The largest absolute Gasteiger partial charge is 0.393 e. The van der Waals surface area contributed by atoms with Gasteiger partial charge in [0.2, 0.25) is 0 Å². The summed E-state index contributed by atoms with van der Waals surface area (Å²) in [5.74, 6) is -0.770. The highest BCUT2D eigenvalue weighted by Crippen LogP contribution is 2.13. The third-order valence-corrected chi connectivity index (χ3v) is 7.66. The van der Waals surface area contributed by atoms with Crippen molar-refractivity contribution in [2.24, 2.45) is 0 Å². The van der Waals surface area contributed by atoms with E-state index < -0.39 is 0 Å². The van der Waals surface area contributed by atoms with Crippen molar-refractivity contribution in [2.75, 3.05) is 0 Å². The molecule has 0 spiro atoms. The Morgan fingerprint density at radius 3 is 1.29 bits per heavy atom. The molecule has 0 amide bonds. The minimum Gasteiger partial charge on any atom is -0.393 e. The summed E-state index contributed by atoms with van der Waals surface area (Å²) >= 11 is 0. The lowest BCUT2D eigenvalue weighted by molar-refractivity contribution is -0.159. The molecule has 0 aromatic carbocycles. The van der Waals surface area contributed by atoms with Crippen LogP contribution in [0.25, 0.3) is 0 Å². The fourth-order valence-electron chi connectivity index (χ4n) is 4.94. The van der Waals surface area contributed by atoms with Crippen molar-refractivity contribution in [3.63, 3.8) is 0 Å². The van der Waals surface area contributed by atoms with Crippen LogP contribution in [0.5, 0.6) is 0 Å². The van der Waals surface area contributed by atoms with Gasteiger partial charge in [0.05, 0.1) is 12.2 Å². The van der Waals surface area contributed by atoms with Gasteiger partial charge in [-0.15, -0.1) is 0 Å². The fourth-order valence-corrected chi connectivity index (χ4v) is 4.94. The first-order chi connectivity index (χ1) is 20.0. The maximum Gasteiger partial charge on any atom is 0.313 e. The lowest BCUT2D eigenvalue weighted by Crippen LogP contribution is -2.11. The van der Waals surface area contributed by atoms with Crippen LogP contribution in [-0.4, -0.2) is 34.4 Å². The number of aliphatic hydroxyl groups excluding tert-OH is 2. The third-order valence-electron chi connectivity index (χ3n) is 7.66. The topological polar surface area (TPSA) is 83.8 Å². The van der Waals surface area contributed by atoms with Gasteiger partial charge in [0.15, 0.2) is 0 Å². The summed E-state index contributed by atoms with van der Waals surface area (Å²) in [4.78, 5) is 23.8. The molecule has 0 aromatic rings. The molecule has 0 bridgehead atoms. The second-order valence-corrected chi connectivity index (χ2v) is 11.9. The molecule has 0 heterocycles. The van der Waals surface area contributed by atoms with Gasteiger partial charge in [-0.05, 0) is 64.2 Å². The van der Waals surface area contributed by atoms with Crippen LogP contribution in [0.2, 0.25) is 0 Å². The van der Waals surface area contributed by atoms with Crippen LogP contribution in [0.4, 0.5) is 0 Å². The molecular weight excluding hydrogens is 512 g/mol. The second kappa shape index (κ2) is 31.5. The van der Waals surface area contributed by atoms with Crippen molar-refractivity contribution >= 4 is 11.9 Å². The molecule has 5 nitrogen and oxygen atoms in total. The van der Waals surface area contributed by atoms with Gasteiger partial charge in [0.1, 0.15) is 0 Å². The van der Waals surface area contributed by atoms with E-state index in [0.717, 1.165) is 116 Å². The van der Waals surface area contributed by atoms with E-state index >= 15 is 0 Å². The van der Waals surface area contributed by atoms with Gasteiger partial charge in [-0.25, -0.2) is 0 Å². The molecule has 0 rings (SSSR count). The molecule has 0 radical (unpaired) electrons. The monoisotopic (exact) mass is 578 g/mol. The zero-order valence-electron chi connectivity index (χ0n) is 27.0. The van der Waals surface area contributed by atoms with Crippen molar-refractivity contribution < 1.29 is 24.5 Å². The van der Waals surface area contributed by atoms with Crippen LogP contribution >= 0.6 is 0 Å². The van der Waals surface area contributed by atoms with E-state index in [1.54, 1.807) is 0 Å². The number of rotatable bonds is 30. The molecular formula is C36H66O5. The molecule has 0 saturated heterocycles. The predicted molar refractivity (Wildman–Crippen MR) is 173 cm³/mol. The highest BCUT2D eigenvalue weighted by Gasteiger charge is 2.10. The Kier molecular flexibility index (Phi) is 30.4. The van der Waals surface area contributed by atoms with Gasteiger partial charge in [-0.2, -0.15) is 0 Å². The Morgan fingerprint density at radius 1 is 0.512 bits per heavy atom. The van der Waals surface area contributed by atoms with Crippen molar-refractivity contribution in [3.8, 4) is 0 Å². The number of esters is 2. The average molecular weight is 579 g/mol. The molecule has 41 heavy (non-hydrogen) atoms. The second-order valence-electron chi connectivity index (χ2n) is 11.9. The van der Waals surface area contributed by atoms with Gasteiger partial charge in [0.25, 0.3) is 0 Å². The number of aliphatic hydroxyl groups is 2. The van der Waals surface area contributed by atoms with E-state index in [0.29, 0.717) is 12.8 Å². The fraction of sp³-hybridized carbons (Fsp3) is 0.833. The zero-order chi connectivity index (χ0) is 30.2. The normalized spacial score (nSPS) is 13.3. The standard InChI is InChI=1S/C36H66O5/c1-3-5-7-21-27-33(37)29-23-17-13-9-11-15-19-25-31-35(39)41-36(40)32-26-20-16-12-10-14-18-24-30-34(38)28-22-8-6-4-2/h17-18,23-24,33-34,37-38H,3-16,19-22,25-32H2,1-2H3/b23-17-,24-18?/t33-,34?/m1/s1. The lowest BCUT2D eigenvalue weighted by Gasteiger charge is -2.07. The number of carbonyl (C=O) groups excluding carboxylic acids is 2. The third kappa shape index (κ3) is 31.3. The molecule has 0 aromatic heterocycles. The molecule has 2 N–H and O–H groups in total. The summed E-state index contributed by atoms with van der Waals surface area (Å²) in [6.45, 7) is 4.40. The molecule has 240 valence electrons. The van der Waals surface area contributed by atoms with E-state index in [1.807, 2.05) is 0 Å². The van der Waals surface area contributed by atoms with Crippen LogP contribution in [0.1, 0.15) is 181 Å². The molecule has 0 aliphatic rings. The van der Waals surface area contributed by atoms with Gasteiger partial charge >= 0.3 is 11.9 Å². The molecule has 2 atom stereocenters. The van der Waals surface area contributed by atoms with E-state index in [9.17, 15) is 19.8 Å². The number of hydrogen-bond acceptors (Lipinski definition) is 5. The summed E-state index contributed by atoms with van der Waals surface area (Å²) in [7, 11) is 0. The summed E-state index contributed by atoms with van der Waals surface area (Å²) < 4.78 is 4.97. The van der Waals surface area contributed by atoms with Crippen molar-refractivity contribution in [2.45, 2.75) is 193 Å². The molecule has 0 fully saturated rings. The number of ether oxygens (including phenoxy) is 1. The van der Waals surface area contributed by atoms with E-state index in [4.69, 9.17) is 4.74 Å². The Balaban J connectivity index is 3.48. The minimum atomic E-state index is -0.385. The average Bonchev–Trinajstić information content (AvgIpc) is 2.95. The zero-order valence-corrected chi connectivity index (χ0v) is 27.0. The molecule has 1 unspecified atom stereocenters. The Morgan fingerprint density at radius 2 is 0.878 bits per heavy atom. The van der Waals surface area contributed by atoms with Crippen molar-refractivity contribution in [1.82, 2.24) is 0 Å². The number of unbranched alkanes of at least 4 members (excludes halogenated alkanes) is 16. The van der Waals surface area contributed by atoms with E-state index in [2.05, 4.69) is 38.2 Å². The highest BCUT2D eigenvalue weighted by molar-refractivity contribution is 5.85. The Hall–Kier alpha value is -1.46. The number of carbonyl (C=O) groups is 2. The predicted octanol–water partition coefficient (Wildman–Crippen LogP) is 10.1. The number of hydrogen-bond donors (Lipinski definition) is 2. The van der Waals surface area contributed by atoms with Crippen LogP contribution < -0.4 is 0 Å². The van der Waals surface area contributed by atoms with E-state index in [1.165, 1.54) is 38.5 Å². The van der Waals surface area contributed by atoms with Crippen LogP contribution in [0.15, 0.2) is 24.3 Å². The summed E-state index contributed by atoms with van der Waals surface area (Å²) in [6, 6.07) is 0. The first-order valence-electron chi connectivity index (χ1n) is 17.4. The molecule has 5 heteroatoms. The Bertz CT molecular complexity index is 588. The number of allylic oxidation sites excluding steroid dienone is 2. The SMILES string of the molecule is CCCCCCC(O)CC=CCCCCCCCC(=O)OC(=O)CCCCCCC/C=C\C[C@H](O)CCCCCC. The van der Waals surface area contributed by atoms with Crippen LogP contribution in [0, 0.1) is 0 Å². The smallest absolute Gasteiger partial charge is 0.313 e. The van der Waals surface area contributed by atoms with Crippen molar-refractivity contribution in [1.29, 1.82) is 0 Å². The first-order valence-corrected chi connectivity index (χ1v) is 17.4. The minimum absolute atomic E-state index is 0.200. The maximum atomic E-state index is 11.9. The van der Waals surface area contributed by atoms with Crippen LogP contribution in [0.3, 0.4) is 0 Å². The summed E-state index contributed by atoms with van der Waals surface area (Å²) in [5.41, 5.74) is 0. The highest BCUT2D eigenvalue weighted by atomic mass is 16.6. The Labute approximate surface area is 253 Å². The lowest BCUT2D eigenvalue weighted by atomic mass is 10.1.